The van der Waals surface area contributed by atoms with Crippen molar-refractivity contribution in [3.63, 3.8) is 0 Å². The van der Waals surface area contributed by atoms with Crippen LogP contribution in [0.1, 0.15) is 36.6 Å². The highest BCUT2D eigenvalue weighted by Gasteiger charge is 2.33. The Bertz CT molecular complexity index is 1840. The van der Waals surface area contributed by atoms with Crippen LogP contribution in [0.15, 0.2) is 93.9 Å². The molecule has 0 saturated carbocycles. The number of allylic oxidation sites excluding steroid dienone is 1. The first-order valence-corrected chi connectivity index (χ1v) is 13.9. The largest absolute Gasteiger partial charge is 0.497 e. The zero-order valence-electron chi connectivity index (χ0n) is 23.1. The van der Waals surface area contributed by atoms with Gasteiger partial charge in [-0.15, -0.1) is 0 Å². The van der Waals surface area contributed by atoms with Crippen LogP contribution in [-0.2, 0) is 16.1 Å². The quantitative estimate of drug-likeness (QED) is 0.163. The van der Waals surface area contributed by atoms with Crippen molar-refractivity contribution in [1.82, 2.24) is 4.57 Å². The van der Waals surface area contributed by atoms with Crippen molar-refractivity contribution in [2.75, 3.05) is 13.7 Å². The van der Waals surface area contributed by atoms with E-state index in [-0.39, 0.29) is 24.5 Å². The minimum atomic E-state index is -0.705. The maximum Gasteiger partial charge on any atom is 0.338 e. The average Bonchev–Trinajstić information content (AvgIpc) is 3.30. The number of thiazole rings is 1. The van der Waals surface area contributed by atoms with E-state index in [9.17, 15) is 19.7 Å². The molecule has 2 heterocycles. The van der Waals surface area contributed by atoms with Crippen molar-refractivity contribution in [2.45, 2.75) is 26.5 Å². The van der Waals surface area contributed by atoms with Gasteiger partial charge in [-0.2, -0.15) is 0 Å². The Morgan fingerprint density at radius 2 is 1.71 bits per heavy atom. The van der Waals surface area contributed by atoms with Gasteiger partial charge in [0.05, 0.1) is 40.5 Å². The summed E-state index contributed by atoms with van der Waals surface area (Å²) < 4.78 is 18.4. The van der Waals surface area contributed by atoms with E-state index >= 15 is 0 Å². The topological polar surface area (TPSA) is 122 Å². The van der Waals surface area contributed by atoms with Crippen molar-refractivity contribution in [1.29, 1.82) is 0 Å². The fourth-order valence-corrected chi connectivity index (χ4v) is 5.63. The minimum absolute atomic E-state index is 0.0241. The van der Waals surface area contributed by atoms with Gasteiger partial charge in [0.1, 0.15) is 18.1 Å². The highest BCUT2D eigenvalue weighted by atomic mass is 32.1. The summed E-state index contributed by atoms with van der Waals surface area (Å²) in [6, 6.07) is 20.0. The molecular formula is C31H27N3O7S. The second kappa shape index (κ2) is 12.2. The first-order chi connectivity index (χ1) is 20.3. The van der Waals surface area contributed by atoms with Crippen LogP contribution in [-0.4, -0.2) is 29.2 Å². The van der Waals surface area contributed by atoms with Crippen LogP contribution >= 0.6 is 11.3 Å². The molecule has 10 nitrogen and oxygen atoms in total. The molecule has 0 saturated heterocycles. The lowest BCUT2D eigenvalue weighted by molar-refractivity contribution is -0.384. The van der Waals surface area contributed by atoms with Gasteiger partial charge in [0.25, 0.3) is 11.2 Å². The number of ether oxygens (including phenoxy) is 3. The Balaban J connectivity index is 1.45. The number of nitro benzene ring substituents is 1. The lowest BCUT2D eigenvalue weighted by Gasteiger charge is -2.24. The van der Waals surface area contributed by atoms with Crippen LogP contribution in [0.2, 0.25) is 0 Å². The summed E-state index contributed by atoms with van der Waals surface area (Å²) in [4.78, 5) is 42.3. The van der Waals surface area contributed by atoms with E-state index in [0.717, 1.165) is 16.7 Å². The first-order valence-electron chi connectivity index (χ1n) is 13.1. The van der Waals surface area contributed by atoms with Crippen molar-refractivity contribution in [3.05, 3.63) is 131 Å². The van der Waals surface area contributed by atoms with Crippen LogP contribution in [0.3, 0.4) is 0 Å². The molecule has 0 unspecified atom stereocenters. The van der Waals surface area contributed by atoms with Crippen molar-refractivity contribution < 1.29 is 23.9 Å². The molecule has 5 rings (SSSR count). The van der Waals surface area contributed by atoms with Gasteiger partial charge < -0.3 is 14.2 Å². The molecule has 0 spiro atoms. The summed E-state index contributed by atoms with van der Waals surface area (Å²) in [5.74, 6) is 0.754. The van der Waals surface area contributed by atoms with E-state index in [2.05, 4.69) is 4.99 Å². The van der Waals surface area contributed by atoms with Gasteiger partial charge in [-0.3, -0.25) is 19.5 Å². The average molecular weight is 586 g/mol. The van der Waals surface area contributed by atoms with Gasteiger partial charge in [-0.1, -0.05) is 35.6 Å². The van der Waals surface area contributed by atoms with Crippen molar-refractivity contribution in [2.24, 2.45) is 4.99 Å². The SMILES string of the molecule is CCOC(=O)C1=C(C)N=c2s/c(=C\c3ccc(OCc4ccc([N+](=O)[O-])cc4)cc3)c(=O)n2[C@@H]1c1ccc(OC)cc1. The first kappa shape index (κ1) is 28.5. The van der Waals surface area contributed by atoms with Crippen LogP contribution in [0.5, 0.6) is 11.5 Å². The summed E-state index contributed by atoms with van der Waals surface area (Å²) >= 11 is 1.25. The number of rotatable bonds is 9. The molecule has 1 aliphatic rings. The molecular weight excluding hydrogens is 558 g/mol. The summed E-state index contributed by atoms with van der Waals surface area (Å²) in [5, 5.41) is 10.8. The lowest BCUT2D eigenvalue weighted by atomic mass is 9.96. The van der Waals surface area contributed by atoms with E-state index in [1.54, 1.807) is 68.0 Å². The number of aromatic nitrogens is 1. The molecule has 0 radical (unpaired) electrons. The molecule has 214 valence electrons. The zero-order chi connectivity index (χ0) is 29.8. The molecule has 1 aliphatic heterocycles. The third kappa shape index (κ3) is 5.86. The predicted octanol–water partition coefficient (Wildman–Crippen LogP) is 4.29. The highest BCUT2D eigenvalue weighted by molar-refractivity contribution is 7.07. The molecule has 0 fully saturated rings. The molecule has 0 N–H and O–H groups in total. The molecule has 1 atom stereocenters. The minimum Gasteiger partial charge on any atom is -0.497 e. The second-order valence-electron chi connectivity index (χ2n) is 9.36. The van der Waals surface area contributed by atoms with E-state index in [0.29, 0.717) is 32.1 Å². The number of fused-ring (bicyclic) bond motifs is 1. The standard InChI is InChI=1S/C31H27N3O7S/c1-4-40-30(36)27-19(2)32-31-33(28(27)22-9-15-24(39-3)16-10-22)29(35)26(42-31)17-20-7-13-25(14-8-20)41-18-21-5-11-23(12-6-21)34(37)38/h5-17,28H,4,18H2,1-3H3/b26-17-/t28-/m1/s1. The second-order valence-corrected chi connectivity index (χ2v) is 10.4. The van der Waals surface area contributed by atoms with E-state index in [4.69, 9.17) is 14.2 Å². The van der Waals surface area contributed by atoms with E-state index < -0.39 is 16.9 Å². The van der Waals surface area contributed by atoms with Crippen molar-refractivity contribution in [3.8, 4) is 11.5 Å². The summed E-state index contributed by atoms with van der Waals surface area (Å²) in [6.45, 7) is 3.93. The number of esters is 1. The number of carbonyl (C=O) groups is 1. The number of nitrogens with zero attached hydrogens (tertiary/aromatic N) is 3. The van der Waals surface area contributed by atoms with E-state index in [1.165, 1.54) is 23.5 Å². The summed E-state index contributed by atoms with van der Waals surface area (Å²) in [7, 11) is 1.57. The maximum atomic E-state index is 13.8. The zero-order valence-corrected chi connectivity index (χ0v) is 23.9. The number of hydrogen-bond acceptors (Lipinski definition) is 9. The molecule has 1 aromatic heterocycles. The van der Waals surface area contributed by atoms with Crippen molar-refractivity contribution >= 4 is 29.1 Å². The molecule has 42 heavy (non-hydrogen) atoms. The maximum absolute atomic E-state index is 13.8. The van der Waals surface area contributed by atoms with Gasteiger partial charge in [0.2, 0.25) is 0 Å². The molecule has 0 aliphatic carbocycles. The van der Waals surface area contributed by atoms with Crippen LogP contribution in [0.25, 0.3) is 6.08 Å². The number of methoxy groups -OCH3 is 1. The Morgan fingerprint density at radius 3 is 2.33 bits per heavy atom. The van der Waals surface area contributed by atoms with Gasteiger partial charge in [0.15, 0.2) is 4.80 Å². The number of hydrogen-bond donors (Lipinski definition) is 0. The molecule has 0 bridgehead atoms. The van der Waals surface area contributed by atoms with Gasteiger partial charge in [-0.05, 0) is 73.0 Å². The lowest BCUT2D eigenvalue weighted by Crippen LogP contribution is -2.39. The third-order valence-electron chi connectivity index (χ3n) is 6.68. The Morgan fingerprint density at radius 1 is 1.05 bits per heavy atom. The monoisotopic (exact) mass is 585 g/mol. The fourth-order valence-electron chi connectivity index (χ4n) is 4.59. The van der Waals surface area contributed by atoms with E-state index in [1.807, 2.05) is 24.3 Å². The molecule has 3 aromatic carbocycles. The summed E-state index contributed by atoms with van der Waals surface area (Å²) in [5.41, 5.74) is 2.88. The smallest absolute Gasteiger partial charge is 0.338 e. The van der Waals surface area contributed by atoms with Crippen LogP contribution in [0, 0.1) is 10.1 Å². The Kier molecular flexibility index (Phi) is 8.30. The molecule has 0 amide bonds. The molecule has 4 aromatic rings. The number of benzene rings is 3. The number of nitro groups is 1. The molecule has 11 heteroatoms. The van der Waals surface area contributed by atoms with Gasteiger partial charge in [-0.25, -0.2) is 9.79 Å². The van der Waals surface area contributed by atoms with Gasteiger partial charge >= 0.3 is 5.97 Å². The number of carbonyl (C=O) groups excluding carboxylic acids is 1. The Hall–Kier alpha value is -5.03. The highest BCUT2D eigenvalue weighted by Crippen LogP contribution is 2.31. The number of non-ortho nitro benzene ring substituents is 1. The normalized spacial score (nSPS) is 14.6. The van der Waals surface area contributed by atoms with Crippen LogP contribution in [0.4, 0.5) is 5.69 Å². The fraction of sp³-hybridized carbons (Fsp3) is 0.194. The van der Waals surface area contributed by atoms with Gasteiger partial charge in [0, 0.05) is 12.1 Å². The third-order valence-corrected chi connectivity index (χ3v) is 7.66. The predicted molar refractivity (Wildman–Crippen MR) is 157 cm³/mol. The summed E-state index contributed by atoms with van der Waals surface area (Å²) in [6.07, 6.45) is 1.78. The van der Waals surface area contributed by atoms with Crippen LogP contribution < -0.4 is 24.4 Å². The Labute approximate surface area is 244 Å².